The Morgan fingerprint density at radius 3 is 2.50 bits per heavy atom. The maximum atomic E-state index is 11.9. The molecule has 0 amide bonds. The molecule has 1 atom stereocenters. The molecule has 4 nitrogen and oxygen atoms in total. The molecule has 12 heavy (non-hydrogen) atoms. The summed E-state index contributed by atoms with van der Waals surface area (Å²) < 4.78 is 35.6. The van der Waals surface area contributed by atoms with Crippen LogP contribution in [0, 0.1) is 0 Å². The lowest BCUT2D eigenvalue weighted by Gasteiger charge is -2.12. The van der Waals surface area contributed by atoms with Crippen LogP contribution in [0.4, 0.5) is 13.2 Å². The van der Waals surface area contributed by atoms with Crippen LogP contribution in [-0.2, 0) is 4.79 Å². The maximum Gasteiger partial charge on any atom is 0.410 e. The summed E-state index contributed by atoms with van der Waals surface area (Å²) in [7, 11) is 0. The smallest absolute Gasteiger partial charge is 0.410 e. The van der Waals surface area contributed by atoms with Crippen LogP contribution in [0.15, 0.2) is 5.10 Å². The van der Waals surface area contributed by atoms with Gasteiger partial charge in [0.25, 0.3) is 0 Å². The second kappa shape index (κ2) is 2.65. The zero-order valence-corrected chi connectivity index (χ0v) is 5.72. The van der Waals surface area contributed by atoms with Crippen LogP contribution in [0.3, 0.4) is 0 Å². The molecule has 0 aliphatic carbocycles. The van der Waals surface area contributed by atoms with Crippen LogP contribution in [0.25, 0.3) is 0 Å². The zero-order valence-electron chi connectivity index (χ0n) is 5.72. The first-order chi connectivity index (χ1) is 5.41. The summed E-state index contributed by atoms with van der Waals surface area (Å²) in [4.78, 5) is 10.1. The van der Waals surface area contributed by atoms with Crippen LogP contribution in [0.5, 0.6) is 0 Å². The fourth-order valence-electron chi connectivity index (χ4n) is 0.765. The van der Waals surface area contributed by atoms with Gasteiger partial charge in [0, 0.05) is 6.42 Å². The van der Waals surface area contributed by atoms with Gasteiger partial charge in [-0.2, -0.15) is 18.3 Å². The molecule has 0 spiro atoms. The minimum absolute atomic E-state index is 0.489. The van der Waals surface area contributed by atoms with Crippen molar-refractivity contribution in [1.29, 1.82) is 0 Å². The van der Waals surface area contributed by atoms with Gasteiger partial charge in [-0.15, -0.1) is 0 Å². The van der Waals surface area contributed by atoms with Gasteiger partial charge in [0.15, 0.2) is 0 Å². The average Bonchev–Trinajstić information content (AvgIpc) is 2.30. The Morgan fingerprint density at radius 1 is 1.67 bits per heavy atom. The molecule has 68 valence electrons. The molecule has 0 aromatic carbocycles. The first-order valence-electron chi connectivity index (χ1n) is 3.03. The van der Waals surface area contributed by atoms with Gasteiger partial charge >= 0.3 is 12.1 Å². The predicted octanol–water partition coefficient (Wildman–Crippen LogP) is 0.351. The Morgan fingerprint density at radius 2 is 2.25 bits per heavy atom. The van der Waals surface area contributed by atoms with Crippen LogP contribution in [-0.4, -0.2) is 29.0 Å². The third-order valence-corrected chi connectivity index (χ3v) is 1.39. The topological polar surface area (TPSA) is 61.7 Å². The Kier molecular flexibility index (Phi) is 1.95. The monoisotopic (exact) mass is 182 g/mol. The molecule has 7 heteroatoms. The molecule has 1 aliphatic heterocycles. The van der Waals surface area contributed by atoms with E-state index in [0.717, 1.165) is 0 Å². The first kappa shape index (κ1) is 8.82. The lowest BCUT2D eigenvalue weighted by Crippen LogP contribution is -2.36. The molecule has 0 saturated carbocycles. The molecule has 0 fully saturated rings. The third-order valence-electron chi connectivity index (χ3n) is 1.39. The fraction of sp³-hybridized carbons (Fsp3) is 0.600. The van der Waals surface area contributed by atoms with E-state index in [1.807, 2.05) is 0 Å². The van der Waals surface area contributed by atoms with Crippen LogP contribution in [0.2, 0.25) is 0 Å². The quantitative estimate of drug-likeness (QED) is 0.615. The van der Waals surface area contributed by atoms with Gasteiger partial charge in [0.1, 0.15) is 11.8 Å². The highest BCUT2D eigenvalue weighted by Crippen LogP contribution is 2.25. The van der Waals surface area contributed by atoms with E-state index in [9.17, 15) is 18.0 Å². The Bertz CT molecular complexity index is 235. The summed E-state index contributed by atoms with van der Waals surface area (Å²) in [6.07, 6.45) is -5.06. The molecule has 0 aromatic heterocycles. The minimum atomic E-state index is -4.44. The molecular formula is C5H5F3N2O2. The summed E-state index contributed by atoms with van der Waals surface area (Å²) in [6.45, 7) is 0. The second-order valence-electron chi connectivity index (χ2n) is 2.29. The average molecular weight is 182 g/mol. The number of rotatable bonds is 1. The number of carbonyl (C=O) groups is 1. The summed E-state index contributed by atoms with van der Waals surface area (Å²) in [6, 6.07) is -1.86. The number of hydrazone groups is 1. The Balaban J connectivity index is 2.59. The van der Waals surface area contributed by atoms with E-state index in [-0.39, 0.29) is 0 Å². The highest BCUT2D eigenvalue weighted by molar-refractivity contribution is 6.36. The highest BCUT2D eigenvalue weighted by atomic mass is 19.4. The third kappa shape index (κ3) is 1.66. The number of carboxylic acid groups (broad SMARTS) is 1. The molecule has 1 unspecified atom stereocenters. The van der Waals surface area contributed by atoms with E-state index < -0.39 is 30.3 Å². The lowest BCUT2D eigenvalue weighted by molar-refractivity contribution is -0.152. The van der Waals surface area contributed by atoms with Gasteiger partial charge in [0.2, 0.25) is 0 Å². The number of carboxylic acids is 1. The maximum absolute atomic E-state index is 11.9. The zero-order chi connectivity index (χ0) is 9.35. The fourth-order valence-corrected chi connectivity index (χ4v) is 0.765. The lowest BCUT2D eigenvalue weighted by atomic mass is 10.1. The van der Waals surface area contributed by atoms with E-state index in [0.29, 0.717) is 0 Å². The van der Waals surface area contributed by atoms with Crippen molar-refractivity contribution in [2.24, 2.45) is 5.10 Å². The summed E-state index contributed by atoms with van der Waals surface area (Å²) in [5.74, 6) is -1.42. The van der Waals surface area contributed by atoms with Gasteiger partial charge < -0.3 is 5.11 Å². The molecule has 0 bridgehead atoms. The van der Waals surface area contributed by atoms with Crippen molar-refractivity contribution in [3.05, 3.63) is 0 Å². The normalized spacial score (nSPS) is 23.2. The van der Waals surface area contributed by atoms with Gasteiger partial charge in [-0.1, -0.05) is 0 Å². The highest BCUT2D eigenvalue weighted by Gasteiger charge is 2.44. The number of nitrogens with one attached hydrogen (secondary N) is 1. The van der Waals surface area contributed by atoms with E-state index in [1.165, 1.54) is 0 Å². The summed E-state index contributed by atoms with van der Waals surface area (Å²) >= 11 is 0. The van der Waals surface area contributed by atoms with E-state index in [2.05, 4.69) is 5.10 Å². The van der Waals surface area contributed by atoms with E-state index in [4.69, 9.17) is 5.11 Å². The van der Waals surface area contributed by atoms with Crippen molar-refractivity contribution in [2.45, 2.75) is 18.6 Å². The number of hydrogen-bond donors (Lipinski definition) is 2. The Hall–Kier alpha value is -1.27. The van der Waals surface area contributed by atoms with Crippen molar-refractivity contribution in [3.8, 4) is 0 Å². The van der Waals surface area contributed by atoms with Gasteiger partial charge in [-0.05, 0) is 0 Å². The predicted molar refractivity (Wildman–Crippen MR) is 32.7 cm³/mol. The van der Waals surface area contributed by atoms with Gasteiger partial charge in [-0.25, -0.2) is 4.79 Å². The summed E-state index contributed by atoms with van der Waals surface area (Å²) in [5.41, 5.74) is 1.22. The van der Waals surface area contributed by atoms with Crippen molar-refractivity contribution < 1.29 is 23.1 Å². The molecular weight excluding hydrogens is 177 g/mol. The molecule has 1 rings (SSSR count). The van der Waals surface area contributed by atoms with Crippen molar-refractivity contribution in [1.82, 2.24) is 5.43 Å². The summed E-state index contributed by atoms with van der Waals surface area (Å²) in [5, 5.41) is 11.3. The van der Waals surface area contributed by atoms with Crippen LogP contribution >= 0.6 is 0 Å². The van der Waals surface area contributed by atoms with Crippen molar-refractivity contribution in [2.75, 3.05) is 0 Å². The van der Waals surface area contributed by atoms with Crippen LogP contribution in [0.1, 0.15) is 6.42 Å². The van der Waals surface area contributed by atoms with E-state index in [1.54, 1.807) is 5.43 Å². The van der Waals surface area contributed by atoms with Gasteiger partial charge in [0.05, 0.1) is 0 Å². The largest absolute Gasteiger partial charge is 0.477 e. The molecule has 1 heterocycles. The molecule has 2 N–H and O–H groups in total. The molecule has 0 radical (unpaired) electrons. The van der Waals surface area contributed by atoms with Gasteiger partial charge in [-0.3, -0.25) is 5.43 Å². The Labute approximate surface area is 65.1 Å². The van der Waals surface area contributed by atoms with Crippen LogP contribution < -0.4 is 5.43 Å². The molecule has 0 aromatic rings. The standard InChI is InChI=1S/C5H5F3N2O2/c6-5(7,8)3-1-2(4(11)12)9-10-3/h3,10H,1H2,(H,11,12). The van der Waals surface area contributed by atoms with Crippen molar-refractivity contribution >= 4 is 11.7 Å². The van der Waals surface area contributed by atoms with Crippen molar-refractivity contribution in [3.63, 3.8) is 0 Å². The number of aliphatic carboxylic acids is 1. The minimum Gasteiger partial charge on any atom is -0.477 e. The molecule has 1 aliphatic rings. The van der Waals surface area contributed by atoms with E-state index >= 15 is 0 Å². The number of halogens is 3. The molecule has 0 saturated heterocycles. The second-order valence-corrected chi connectivity index (χ2v) is 2.29. The number of hydrogen-bond acceptors (Lipinski definition) is 3. The SMILES string of the molecule is O=C(O)C1=NNC(C(F)(F)F)C1. The number of nitrogens with zero attached hydrogens (tertiary/aromatic N) is 1. The number of alkyl halides is 3. The first-order valence-corrected chi connectivity index (χ1v) is 3.03.